The van der Waals surface area contributed by atoms with Crippen LogP contribution < -0.4 is 9.64 Å². The lowest BCUT2D eigenvalue weighted by atomic mass is 9.73. The van der Waals surface area contributed by atoms with Crippen LogP contribution in [0.1, 0.15) is 25.0 Å². The molecule has 1 aliphatic rings. The molecule has 0 saturated carbocycles. The van der Waals surface area contributed by atoms with Crippen molar-refractivity contribution in [3.63, 3.8) is 0 Å². The second-order valence-corrected chi connectivity index (χ2v) is 9.41. The summed E-state index contributed by atoms with van der Waals surface area (Å²) in [6, 6.07) is 39.0. The Morgan fingerprint density at radius 1 is 0.618 bits per heavy atom. The van der Waals surface area contributed by atoms with E-state index in [4.69, 9.17) is 4.74 Å². The van der Waals surface area contributed by atoms with Crippen molar-refractivity contribution in [3.05, 3.63) is 120 Å². The Balaban J connectivity index is 1.72. The molecule has 0 bridgehead atoms. The first-order valence-electron chi connectivity index (χ1n) is 11.7. The molecular weight excluding hydrogens is 414 g/mol. The molecule has 0 spiro atoms. The van der Waals surface area contributed by atoms with Gasteiger partial charge in [-0.3, -0.25) is 0 Å². The van der Waals surface area contributed by atoms with E-state index in [0.29, 0.717) is 0 Å². The Bertz CT molecular complexity index is 1520. The summed E-state index contributed by atoms with van der Waals surface area (Å²) in [4.78, 5) is 2.41. The lowest BCUT2D eigenvalue weighted by molar-refractivity contribution is 0.416. The van der Waals surface area contributed by atoms with Gasteiger partial charge >= 0.3 is 0 Å². The molecule has 0 saturated heterocycles. The predicted molar refractivity (Wildman–Crippen MR) is 143 cm³/mol. The molecule has 0 N–H and O–H groups in total. The van der Waals surface area contributed by atoms with Crippen LogP contribution in [0.15, 0.2) is 109 Å². The predicted octanol–water partition coefficient (Wildman–Crippen LogP) is 8.62. The SMILES string of the molecule is COc1ccc2ccccc2c1N1c2ccccc2C(C)(C)c2ccc(-c3ccccc3)cc21. The smallest absolute Gasteiger partial charge is 0.143 e. The van der Waals surface area contributed by atoms with Crippen molar-refractivity contribution < 1.29 is 4.74 Å². The van der Waals surface area contributed by atoms with Gasteiger partial charge in [0.05, 0.1) is 24.2 Å². The second kappa shape index (κ2) is 7.78. The van der Waals surface area contributed by atoms with Crippen molar-refractivity contribution in [2.24, 2.45) is 0 Å². The van der Waals surface area contributed by atoms with Crippen LogP contribution in [0.25, 0.3) is 21.9 Å². The molecule has 0 aromatic heterocycles. The third-order valence-electron chi connectivity index (χ3n) is 7.14. The van der Waals surface area contributed by atoms with Crippen molar-refractivity contribution in [1.29, 1.82) is 0 Å². The zero-order chi connectivity index (χ0) is 23.3. The van der Waals surface area contributed by atoms with Crippen LogP contribution in [-0.4, -0.2) is 7.11 Å². The van der Waals surface area contributed by atoms with E-state index in [1.807, 2.05) is 0 Å². The fourth-order valence-electron chi connectivity index (χ4n) is 5.40. The number of fused-ring (bicyclic) bond motifs is 3. The lowest BCUT2D eigenvalue weighted by Crippen LogP contribution is -2.30. The summed E-state index contributed by atoms with van der Waals surface area (Å²) >= 11 is 0. The van der Waals surface area contributed by atoms with Crippen LogP contribution in [0.4, 0.5) is 17.1 Å². The van der Waals surface area contributed by atoms with E-state index in [1.165, 1.54) is 44.4 Å². The van der Waals surface area contributed by atoms with Crippen molar-refractivity contribution in [2.45, 2.75) is 19.3 Å². The topological polar surface area (TPSA) is 12.5 Å². The molecule has 0 aliphatic carbocycles. The average molecular weight is 442 g/mol. The fraction of sp³-hybridized carbons (Fsp3) is 0.125. The molecule has 34 heavy (non-hydrogen) atoms. The molecule has 1 heterocycles. The van der Waals surface area contributed by atoms with Gasteiger partial charge in [0.1, 0.15) is 5.75 Å². The van der Waals surface area contributed by atoms with Gasteiger partial charge in [-0.1, -0.05) is 105 Å². The minimum Gasteiger partial charge on any atom is -0.495 e. The first kappa shape index (κ1) is 20.6. The first-order chi connectivity index (χ1) is 16.6. The second-order valence-electron chi connectivity index (χ2n) is 9.41. The van der Waals surface area contributed by atoms with Crippen LogP contribution in [0.5, 0.6) is 5.75 Å². The summed E-state index contributed by atoms with van der Waals surface area (Å²) in [6.45, 7) is 4.65. The van der Waals surface area contributed by atoms with E-state index in [1.54, 1.807) is 7.11 Å². The highest BCUT2D eigenvalue weighted by Gasteiger charge is 2.38. The molecule has 0 radical (unpaired) electrons. The molecule has 0 amide bonds. The maximum absolute atomic E-state index is 5.96. The van der Waals surface area contributed by atoms with Crippen LogP contribution in [0.2, 0.25) is 0 Å². The molecule has 0 atom stereocenters. The summed E-state index contributed by atoms with van der Waals surface area (Å²) in [6.07, 6.45) is 0. The van der Waals surface area contributed by atoms with Crippen molar-refractivity contribution in [3.8, 4) is 16.9 Å². The highest BCUT2D eigenvalue weighted by molar-refractivity contribution is 6.04. The van der Waals surface area contributed by atoms with Gasteiger partial charge in [0, 0.05) is 10.8 Å². The van der Waals surface area contributed by atoms with E-state index in [0.717, 1.165) is 11.4 Å². The fourth-order valence-corrected chi connectivity index (χ4v) is 5.40. The highest BCUT2D eigenvalue weighted by Crippen LogP contribution is 2.55. The van der Waals surface area contributed by atoms with E-state index >= 15 is 0 Å². The van der Waals surface area contributed by atoms with Gasteiger partial charge in [0.15, 0.2) is 0 Å². The van der Waals surface area contributed by atoms with Gasteiger partial charge in [0.25, 0.3) is 0 Å². The average Bonchev–Trinajstić information content (AvgIpc) is 2.89. The number of nitrogens with zero attached hydrogens (tertiary/aromatic N) is 1. The minimum atomic E-state index is -0.130. The summed E-state index contributed by atoms with van der Waals surface area (Å²) in [5.74, 6) is 0.865. The van der Waals surface area contributed by atoms with E-state index in [2.05, 4.69) is 128 Å². The monoisotopic (exact) mass is 441 g/mol. The summed E-state index contributed by atoms with van der Waals surface area (Å²) in [7, 11) is 1.76. The normalized spacial score (nSPS) is 13.9. The number of ether oxygens (including phenoxy) is 1. The highest BCUT2D eigenvalue weighted by atomic mass is 16.5. The molecule has 0 fully saturated rings. The molecule has 2 nitrogen and oxygen atoms in total. The maximum atomic E-state index is 5.96. The van der Waals surface area contributed by atoms with Gasteiger partial charge < -0.3 is 9.64 Å². The number of para-hydroxylation sites is 1. The molecule has 6 rings (SSSR count). The number of hydrogen-bond donors (Lipinski definition) is 0. The van der Waals surface area contributed by atoms with Crippen LogP contribution in [0.3, 0.4) is 0 Å². The molecule has 5 aromatic carbocycles. The van der Waals surface area contributed by atoms with Crippen LogP contribution in [-0.2, 0) is 5.41 Å². The lowest BCUT2D eigenvalue weighted by Gasteiger charge is -2.42. The Morgan fingerprint density at radius 2 is 1.32 bits per heavy atom. The molecule has 166 valence electrons. The largest absolute Gasteiger partial charge is 0.495 e. The zero-order valence-electron chi connectivity index (χ0n) is 19.7. The number of methoxy groups -OCH3 is 1. The Labute approximate surface area is 201 Å². The minimum absolute atomic E-state index is 0.130. The molecule has 2 heteroatoms. The number of benzene rings is 5. The van der Waals surface area contributed by atoms with E-state index < -0.39 is 0 Å². The molecular formula is C32H27NO. The van der Waals surface area contributed by atoms with E-state index in [-0.39, 0.29) is 5.41 Å². The Morgan fingerprint density at radius 3 is 2.15 bits per heavy atom. The summed E-state index contributed by atoms with van der Waals surface area (Å²) in [5, 5.41) is 2.37. The van der Waals surface area contributed by atoms with Gasteiger partial charge in [-0.2, -0.15) is 0 Å². The quantitative estimate of drug-likeness (QED) is 0.278. The number of rotatable bonds is 3. The van der Waals surface area contributed by atoms with Crippen molar-refractivity contribution in [1.82, 2.24) is 0 Å². The van der Waals surface area contributed by atoms with Crippen molar-refractivity contribution >= 4 is 27.8 Å². The maximum Gasteiger partial charge on any atom is 0.143 e. The van der Waals surface area contributed by atoms with Gasteiger partial charge in [-0.05, 0) is 45.8 Å². The number of hydrogen-bond acceptors (Lipinski definition) is 2. The first-order valence-corrected chi connectivity index (χ1v) is 11.7. The molecule has 5 aromatic rings. The van der Waals surface area contributed by atoms with Crippen molar-refractivity contribution in [2.75, 3.05) is 12.0 Å². The number of anilines is 3. The van der Waals surface area contributed by atoms with Gasteiger partial charge in [-0.25, -0.2) is 0 Å². The standard InChI is InChI=1S/C32H27NO/c1-32(2)26-15-9-10-16-28(26)33(31-25-14-8-7-13-23(25)18-20-30(31)34-3)29-21-24(17-19-27(29)32)22-11-5-4-6-12-22/h4-21H,1-3H3. The summed E-state index contributed by atoms with van der Waals surface area (Å²) in [5.41, 5.74) is 8.38. The summed E-state index contributed by atoms with van der Waals surface area (Å²) < 4.78 is 5.96. The molecule has 0 unspecified atom stereocenters. The third kappa shape index (κ3) is 3.03. The van der Waals surface area contributed by atoms with Gasteiger partial charge in [-0.15, -0.1) is 0 Å². The Kier molecular flexibility index (Phi) is 4.70. The molecule has 1 aliphatic heterocycles. The third-order valence-corrected chi connectivity index (χ3v) is 7.14. The van der Waals surface area contributed by atoms with E-state index in [9.17, 15) is 0 Å². The van der Waals surface area contributed by atoms with Crippen LogP contribution >= 0.6 is 0 Å². The zero-order valence-corrected chi connectivity index (χ0v) is 19.7. The van der Waals surface area contributed by atoms with Crippen LogP contribution in [0, 0.1) is 0 Å². The Hall–Kier alpha value is -4.04. The van der Waals surface area contributed by atoms with Gasteiger partial charge in [0.2, 0.25) is 0 Å².